The fourth-order valence-electron chi connectivity index (χ4n) is 3.33. The highest BCUT2D eigenvalue weighted by Gasteiger charge is 2.13. The first-order chi connectivity index (χ1) is 12.7. The van der Waals surface area contributed by atoms with Gasteiger partial charge in [-0.1, -0.05) is 74.7 Å². The van der Waals surface area contributed by atoms with Crippen molar-refractivity contribution < 1.29 is 9.90 Å². The topological polar surface area (TPSA) is 49.3 Å². The normalized spacial score (nSPS) is 10.8. The van der Waals surface area contributed by atoms with Crippen LogP contribution in [0.1, 0.15) is 48.5 Å². The van der Waals surface area contributed by atoms with Gasteiger partial charge in [0.2, 0.25) is 0 Å². The van der Waals surface area contributed by atoms with Crippen molar-refractivity contribution in [1.29, 1.82) is 0 Å². The van der Waals surface area contributed by atoms with Crippen LogP contribution in [-0.2, 0) is 6.42 Å². The summed E-state index contributed by atoms with van der Waals surface area (Å²) >= 11 is 0. The van der Waals surface area contributed by atoms with Gasteiger partial charge >= 0.3 is 5.97 Å². The molecule has 3 aromatic carbocycles. The van der Waals surface area contributed by atoms with Crippen LogP contribution in [0.2, 0.25) is 0 Å². The third-order valence-electron chi connectivity index (χ3n) is 4.73. The fraction of sp³-hybridized carbons (Fsp3) is 0.261. The minimum Gasteiger partial charge on any atom is -0.478 e. The summed E-state index contributed by atoms with van der Waals surface area (Å²) in [7, 11) is 0. The predicted molar refractivity (Wildman–Crippen MR) is 108 cm³/mol. The second-order valence-electron chi connectivity index (χ2n) is 6.61. The Morgan fingerprint density at radius 2 is 1.69 bits per heavy atom. The molecule has 0 aliphatic rings. The summed E-state index contributed by atoms with van der Waals surface area (Å²) in [6, 6.07) is 19.6. The average Bonchev–Trinajstić information content (AvgIpc) is 2.67. The molecule has 0 aliphatic heterocycles. The number of hydrogen-bond acceptors (Lipinski definition) is 2. The molecule has 0 amide bonds. The van der Waals surface area contributed by atoms with Gasteiger partial charge in [0.15, 0.2) is 0 Å². The minimum absolute atomic E-state index is 0.289. The molecule has 3 aromatic rings. The molecule has 0 aliphatic carbocycles. The highest BCUT2D eigenvalue weighted by atomic mass is 16.4. The maximum Gasteiger partial charge on any atom is 0.337 e. The first-order valence-electron chi connectivity index (χ1n) is 9.30. The largest absolute Gasteiger partial charge is 0.478 e. The highest BCUT2D eigenvalue weighted by molar-refractivity contribution is 6.00. The molecule has 0 unspecified atom stereocenters. The van der Waals surface area contributed by atoms with E-state index >= 15 is 0 Å². The van der Waals surface area contributed by atoms with Crippen molar-refractivity contribution in [3.63, 3.8) is 0 Å². The Balaban J connectivity index is 2.00. The van der Waals surface area contributed by atoms with Gasteiger partial charge in [-0.2, -0.15) is 0 Å². The molecule has 0 saturated carbocycles. The monoisotopic (exact) mass is 347 g/mol. The molecule has 0 bridgehead atoms. The molecule has 3 heteroatoms. The van der Waals surface area contributed by atoms with Crippen LogP contribution in [0.4, 0.5) is 11.4 Å². The van der Waals surface area contributed by atoms with Crippen molar-refractivity contribution in [1.82, 2.24) is 0 Å². The zero-order valence-corrected chi connectivity index (χ0v) is 15.2. The molecule has 0 saturated heterocycles. The quantitative estimate of drug-likeness (QED) is 0.463. The number of benzene rings is 3. The molecule has 0 atom stereocenters. The van der Waals surface area contributed by atoms with Gasteiger partial charge in [0.05, 0.1) is 11.3 Å². The summed E-state index contributed by atoms with van der Waals surface area (Å²) in [6.07, 6.45) is 5.81. The highest BCUT2D eigenvalue weighted by Crippen LogP contribution is 2.32. The third kappa shape index (κ3) is 4.05. The number of aryl methyl sites for hydroxylation is 1. The fourth-order valence-corrected chi connectivity index (χ4v) is 3.33. The van der Waals surface area contributed by atoms with Gasteiger partial charge < -0.3 is 10.4 Å². The van der Waals surface area contributed by atoms with Gasteiger partial charge in [0.1, 0.15) is 0 Å². The van der Waals surface area contributed by atoms with Crippen LogP contribution in [0, 0.1) is 0 Å². The number of rotatable bonds is 8. The molecule has 3 rings (SSSR count). The van der Waals surface area contributed by atoms with Crippen LogP contribution < -0.4 is 5.32 Å². The van der Waals surface area contributed by atoms with Crippen molar-refractivity contribution in [2.75, 3.05) is 5.32 Å². The van der Waals surface area contributed by atoms with E-state index in [0.29, 0.717) is 5.69 Å². The summed E-state index contributed by atoms with van der Waals surface area (Å²) in [6.45, 7) is 2.21. The molecular weight excluding hydrogens is 322 g/mol. The van der Waals surface area contributed by atoms with E-state index in [1.54, 1.807) is 12.1 Å². The SMILES string of the molecule is CCCCCCc1ccc2ccccc2c1Nc1ccccc1C(=O)O. The van der Waals surface area contributed by atoms with Gasteiger partial charge in [-0.25, -0.2) is 4.79 Å². The van der Waals surface area contributed by atoms with E-state index in [9.17, 15) is 9.90 Å². The van der Waals surface area contributed by atoms with Crippen LogP contribution in [-0.4, -0.2) is 11.1 Å². The van der Waals surface area contributed by atoms with E-state index in [1.807, 2.05) is 24.3 Å². The molecular formula is C23H25NO2. The molecule has 134 valence electrons. The zero-order valence-electron chi connectivity index (χ0n) is 15.2. The van der Waals surface area contributed by atoms with Crippen molar-refractivity contribution >= 4 is 28.1 Å². The van der Waals surface area contributed by atoms with E-state index in [-0.39, 0.29) is 5.56 Å². The van der Waals surface area contributed by atoms with E-state index in [0.717, 1.165) is 29.3 Å². The third-order valence-corrected chi connectivity index (χ3v) is 4.73. The molecule has 0 fully saturated rings. The zero-order chi connectivity index (χ0) is 18.4. The Kier molecular flexibility index (Phi) is 5.90. The van der Waals surface area contributed by atoms with Crippen molar-refractivity contribution in [2.45, 2.75) is 39.0 Å². The summed E-state index contributed by atoms with van der Waals surface area (Å²) < 4.78 is 0. The van der Waals surface area contributed by atoms with Gasteiger partial charge in [0, 0.05) is 11.1 Å². The van der Waals surface area contributed by atoms with Crippen molar-refractivity contribution in [2.24, 2.45) is 0 Å². The van der Waals surface area contributed by atoms with Crippen molar-refractivity contribution in [3.05, 3.63) is 71.8 Å². The molecule has 2 N–H and O–H groups in total. The summed E-state index contributed by atoms with van der Waals surface area (Å²) in [5.41, 5.74) is 3.18. The second kappa shape index (κ2) is 8.52. The Labute approximate surface area is 154 Å². The van der Waals surface area contributed by atoms with Crippen LogP contribution in [0.25, 0.3) is 10.8 Å². The first-order valence-corrected chi connectivity index (χ1v) is 9.30. The Hall–Kier alpha value is -2.81. The minimum atomic E-state index is -0.919. The number of carboxylic acid groups (broad SMARTS) is 1. The predicted octanol–water partition coefficient (Wildman–Crippen LogP) is 6.40. The van der Waals surface area contributed by atoms with Gasteiger partial charge in [-0.05, 0) is 35.9 Å². The maximum atomic E-state index is 11.6. The number of aromatic carboxylic acids is 1. The lowest BCUT2D eigenvalue weighted by molar-refractivity contribution is 0.0698. The maximum absolute atomic E-state index is 11.6. The van der Waals surface area contributed by atoms with Crippen LogP contribution >= 0.6 is 0 Å². The lowest BCUT2D eigenvalue weighted by Crippen LogP contribution is -2.04. The van der Waals surface area contributed by atoms with Gasteiger partial charge in [-0.15, -0.1) is 0 Å². The summed E-state index contributed by atoms with van der Waals surface area (Å²) in [4.78, 5) is 11.6. The molecule has 0 heterocycles. The average molecular weight is 347 g/mol. The smallest absolute Gasteiger partial charge is 0.337 e. The number of unbranched alkanes of at least 4 members (excludes halogenated alkanes) is 3. The number of fused-ring (bicyclic) bond motifs is 1. The Bertz CT molecular complexity index is 902. The van der Waals surface area contributed by atoms with E-state index < -0.39 is 5.97 Å². The van der Waals surface area contributed by atoms with Crippen molar-refractivity contribution in [3.8, 4) is 0 Å². The number of hydrogen-bond donors (Lipinski definition) is 2. The molecule has 26 heavy (non-hydrogen) atoms. The van der Waals surface area contributed by atoms with Crippen LogP contribution in [0.5, 0.6) is 0 Å². The van der Waals surface area contributed by atoms with Gasteiger partial charge in [-0.3, -0.25) is 0 Å². The molecule has 0 radical (unpaired) electrons. The van der Waals surface area contributed by atoms with Crippen LogP contribution in [0.15, 0.2) is 60.7 Å². The first kappa shape index (κ1) is 18.0. The number of carboxylic acids is 1. The lowest BCUT2D eigenvalue weighted by atomic mass is 9.98. The van der Waals surface area contributed by atoms with Crippen LogP contribution in [0.3, 0.4) is 0 Å². The summed E-state index contributed by atoms with van der Waals surface area (Å²) in [5, 5.41) is 15.2. The van der Waals surface area contributed by atoms with E-state index in [2.05, 4.69) is 36.5 Å². The van der Waals surface area contributed by atoms with E-state index in [4.69, 9.17) is 0 Å². The second-order valence-corrected chi connectivity index (χ2v) is 6.61. The Morgan fingerprint density at radius 3 is 2.50 bits per heavy atom. The Morgan fingerprint density at radius 1 is 0.923 bits per heavy atom. The molecule has 3 nitrogen and oxygen atoms in total. The van der Waals surface area contributed by atoms with E-state index in [1.165, 1.54) is 24.8 Å². The number of anilines is 2. The number of para-hydroxylation sites is 1. The number of nitrogens with one attached hydrogen (secondary N) is 1. The lowest BCUT2D eigenvalue weighted by Gasteiger charge is -2.17. The summed E-state index contributed by atoms with van der Waals surface area (Å²) in [5.74, 6) is -0.919. The molecule has 0 spiro atoms. The standard InChI is InChI=1S/C23H25NO2/c1-2-3-4-5-11-18-16-15-17-10-6-7-12-19(17)22(18)24-21-14-9-8-13-20(21)23(25)26/h6-10,12-16,24H,2-5,11H2,1H3,(H,25,26). The molecule has 0 aromatic heterocycles. The number of carbonyl (C=O) groups is 1. The van der Waals surface area contributed by atoms with Gasteiger partial charge in [0.25, 0.3) is 0 Å².